The van der Waals surface area contributed by atoms with Gasteiger partial charge in [0.15, 0.2) is 5.69 Å². The highest BCUT2D eigenvalue weighted by Gasteiger charge is 2.31. The van der Waals surface area contributed by atoms with Gasteiger partial charge in [0.1, 0.15) is 16.7 Å². The smallest absolute Gasteiger partial charge is 0.410 e. The van der Waals surface area contributed by atoms with Crippen LogP contribution in [0.15, 0.2) is 17.5 Å². The molecule has 0 aliphatic rings. The van der Waals surface area contributed by atoms with Gasteiger partial charge in [0.2, 0.25) is 0 Å². The van der Waals surface area contributed by atoms with Gasteiger partial charge in [0, 0.05) is 24.9 Å². The molecule has 0 N–H and O–H groups in total. The van der Waals surface area contributed by atoms with E-state index in [1.165, 1.54) is 11.3 Å². The Balaban J connectivity index is 3.09. The van der Waals surface area contributed by atoms with Crippen LogP contribution in [0.25, 0.3) is 0 Å². The first-order chi connectivity index (χ1) is 13.9. The maximum atomic E-state index is 12.6. The van der Waals surface area contributed by atoms with E-state index in [9.17, 15) is 9.59 Å². The Bertz CT molecular complexity index is 723. The largest absolute Gasteiger partial charge is 0.461 e. The van der Waals surface area contributed by atoms with E-state index in [4.69, 9.17) is 14.2 Å². The number of ether oxygens (including phenoxy) is 3. The predicted molar refractivity (Wildman–Crippen MR) is 119 cm³/mol. The van der Waals surface area contributed by atoms with Gasteiger partial charge in [-0.2, -0.15) is 0 Å². The summed E-state index contributed by atoms with van der Waals surface area (Å²) in [6, 6.07) is -0.148. The summed E-state index contributed by atoms with van der Waals surface area (Å²) in [7, 11) is 1.74. The van der Waals surface area contributed by atoms with Crippen LogP contribution >= 0.6 is 11.3 Å². The summed E-state index contributed by atoms with van der Waals surface area (Å²) in [4.78, 5) is 30.7. The van der Waals surface area contributed by atoms with Crippen molar-refractivity contribution in [2.45, 2.75) is 72.6 Å². The van der Waals surface area contributed by atoms with Gasteiger partial charge in [-0.05, 0) is 40.5 Å². The van der Waals surface area contributed by atoms with E-state index in [1.54, 1.807) is 24.3 Å². The molecule has 1 amide bonds. The maximum absolute atomic E-state index is 12.6. The second-order valence-corrected chi connectivity index (χ2v) is 9.58. The Labute approximate surface area is 184 Å². The zero-order chi connectivity index (χ0) is 23.1. The summed E-state index contributed by atoms with van der Waals surface area (Å²) < 4.78 is 16.6. The van der Waals surface area contributed by atoms with Crippen molar-refractivity contribution < 1.29 is 23.8 Å². The number of hydrogen-bond donors (Lipinski definition) is 0. The van der Waals surface area contributed by atoms with Crippen molar-refractivity contribution in [3.8, 4) is 0 Å². The van der Waals surface area contributed by atoms with E-state index in [0.717, 1.165) is 5.57 Å². The number of rotatable bonds is 10. The molecule has 170 valence electrons. The normalized spacial score (nSPS) is 13.6. The average molecular weight is 441 g/mol. The van der Waals surface area contributed by atoms with E-state index in [-0.39, 0.29) is 30.4 Å². The molecule has 0 aliphatic heterocycles. The minimum atomic E-state index is -0.577. The van der Waals surface area contributed by atoms with Gasteiger partial charge in [-0.3, -0.25) is 0 Å². The summed E-state index contributed by atoms with van der Waals surface area (Å²) in [5.41, 5.74) is 0.568. The summed E-state index contributed by atoms with van der Waals surface area (Å²) in [5.74, 6) is -0.298. The Kier molecular flexibility index (Phi) is 9.97. The monoisotopic (exact) mass is 440 g/mol. The minimum absolute atomic E-state index is 0.148. The van der Waals surface area contributed by atoms with Crippen molar-refractivity contribution in [3.63, 3.8) is 0 Å². The lowest BCUT2D eigenvalue weighted by Gasteiger charge is -2.34. The van der Waals surface area contributed by atoms with E-state index in [0.29, 0.717) is 18.0 Å². The van der Waals surface area contributed by atoms with E-state index in [1.807, 2.05) is 41.5 Å². The van der Waals surface area contributed by atoms with Crippen LogP contribution in [0.5, 0.6) is 0 Å². The van der Waals surface area contributed by atoms with Gasteiger partial charge in [-0.15, -0.1) is 11.3 Å². The lowest BCUT2D eigenvalue weighted by Crippen LogP contribution is -2.44. The van der Waals surface area contributed by atoms with Crippen molar-refractivity contribution in [2.75, 3.05) is 20.3 Å². The first-order valence-corrected chi connectivity index (χ1v) is 11.1. The van der Waals surface area contributed by atoms with Crippen LogP contribution < -0.4 is 0 Å². The first-order valence-electron chi connectivity index (χ1n) is 10.2. The molecule has 0 aromatic carbocycles. The number of thiazole rings is 1. The second kappa shape index (κ2) is 11.5. The highest BCUT2D eigenvalue weighted by Crippen LogP contribution is 2.31. The molecule has 1 rings (SSSR count). The van der Waals surface area contributed by atoms with Crippen molar-refractivity contribution in [2.24, 2.45) is 5.92 Å². The zero-order valence-electron chi connectivity index (χ0n) is 19.5. The molecule has 7 nitrogen and oxygen atoms in total. The quantitative estimate of drug-likeness (QED) is 0.366. The number of nitrogens with zero attached hydrogens (tertiary/aromatic N) is 2. The van der Waals surface area contributed by atoms with Crippen molar-refractivity contribution in [1.82, 2.24) is 9.88 Å². The molecule has 0 fully saturated rings. The van der Waals surface area contributed by atoms with E-state index < -0.39 is 17.7 Å². The molecule has 2 unspecified atom stereocenters. The van der Waals surface area contributed by atoms with E-state index >= 15 is 0 Å². The maximum Gasteiger partial charge on any atom is 0.410 e. The molecule has 8 heteroatoms. The number of carbonyl (C=O) groups excluding carboxylic acids is 2. The molecule has 1 heterocycles. The van der Waals surface area contributed by atoms with Crippen molar-refractivity contribution >= 4 is 23.4 Å². The van der Waals surface area contributed by atoms with Crippen molar-refractivity contribution in [3.05, 3.63) is 28.2 Å². The molecule has 0 saturated heterocycles. The number of hydrogen-bond acceptors (Lipinski definition) is 7. The van der Waals surface area contributed by atoms with Gasteiger partial charge in [0.05, 0.1) is 13.2 Å². The molecular weight excluding hydrogens is 404 g/mol. The molecule has 0 bridgehead atoms. The average Bonchev–Trinajstić information content (AvgIpc) is 3.09. The summed E-state index contributed by atoms with van der Waals surface area (Å²) in [6.07, 6.45) is -0.269. The molecular formula is C22H36N2O5S. The van der Waals surface area contributed by atoms with Gasteiger partial charge >= 0.3 is 12.1 Å². The van der Waals surface area contributed by atoms with Gasteiger partial charge in [0.25, 0.3) is 0 Å². The molecule has 0 saturated carbocycles. The Morgan fingerprint density at radius 3 is 2.43 bits per heavy atom. The summed E-state index contributed by atoms with van der Waals surface area (Å²) >= 11 is 1.35. The van der Waals surface area contributed by atoms with Crippen LogP contribution in [0.3, 0.4) is 0 Å². The lowest BCUT2D eigenvalue weighted by atomic mass is 9.96. The Hall–Kier alpha value is -1.93. The standard InChI is InChI=1S/C22H36N2O5S/c1-10-27-20(25)16-13-30-19(23-16)18(28-12-14(2)3)11-17(15(4)5)24(9)21(26)29-22(6,7)8/h13,15,17-18H,2,10-12H2,1,3-9H3. The second-order valence-electron chi connectivity index (χ2n) is 8.69. The fourth-order valence-electron chi connectivity index (χ4n) is 2.78. The topological polar surface area (TPSA) is 78.0 Å². The van der Waals surface area contributed by atoms with Crippen LogP contribution in [-0.4, -0.2) is 53.9 Å². The van der Waals surface area contributed by atoms with E-state index in [2.05, 4.69) is 11.6 Å². The minimum Gasteiger partial charge on any atom is -0.461 e. The van der Waals surface area contributed by atoms with Crippen LogP contribution in [0.1, 0.15) is 76.5 Å². The first kappa shape index (κ1) is 26.1. The molecule has 1 aromatic heterocycles. The molecule has 30 heavy (non-hydrogen) atoms. The lowest BCUT2D eigenvalue weighted by molar-refractivity contribution is 0.000634. The van der Waals surface area contributed by atoms with Crippen LogP contribution in [-0.2, 0) is 14.2 Å². The van der Waals surface area contributed by atoms with Crippen molar-refractivity contribution in [1.29, 1.82) is 0 Å². The summed E-state index contributed by atoms with van der Waals surface area (Å²) in [6.45, 7) is 17.8. The number of aromatic nitrogens is 1. The zero-order valence-corrected chi connectivity index (χ0v) is 20.3. The predicted octanol–water partition coefficient (Wildman–Crippen LogP) is 5.24. The molecule has 0 spiro atoms. The highest BCUT2D eigenvalue weighted by molar-refractivity contribution is 7.09. The van der Waals surface area contributed by atoms with Gasteiger partial charge in [-0.25, -0.2) is 14.6 Å². The van der Waals surface area contributed by atoms with Crippen LogP contribution in [0, 0.1) is 5.92 Å². The fourth-order valence-corrected chi connectivity index (χ4v) is 3.63. The van der Waals surface area contributed by atoms with Crippen LogP contribution in [0.4, 0.5) is 4.79 Å². The van der Waals surface area contributed by atoms with Gasteiger partial charge < -0.3 is 19.1 Å². The number of amides is 1. The SMILES string of the molecule is C=C(C)COC(CC(C(C)C)N(C)C(=O)OC(C)(C)C)c1nc(C(=O)OCC)cs1. The third-order valence-electron chi connectivity index (χ3n) is 4.22. The number of carbonyl (C=O) groups is 2. The Morgan fingerprint density at radius 2 is 1.93 bits per heavy atom. The van der Waals surface area contributed by atoms with Gasteiger partial charge in [-0.1, -0.05) is 26.0 Å². The number of esters is 1. The molecule has 0 radical (unpaired) electrons. The molecule has 1 aromatic rings. The Morgan fingerprint density at radius 1 is 1.30 bits per heavy atom. The summed E-state index contributed by atoms with van der Waals surface area (Å²) in [5, 5.41) is 2.34. The third kappa shape index (κ3) is 8.44. The van der Waals surface area contributed by atoms with Crippen LogP contribution in [0.2, 0.25) is 0 Å². The third-order valence-corrected chi connectivity index (χ3v) is 5.15. The fraction of sp³-hybridized carbons (Fsp3) is 0.682. The molecule has 2 atom stereocenters. The highest BCUT2D eigenvalue weighted by atomic mass is 32.1. The molecule has 0 aliphatic carbocycles.